The number of hydrogen-bond donors (Lipinski definition) is 2. The number of hydrazine groups is 1. The van der Waals surface area contributed by atoms with E-state index in [9.17, 15) is 9.59 Å². The fraction of sp³-hybridized carbons (Fsp3) is 0.200. The number of amides is 2. The second-order valence-corrected chi connectivity index (χ2v) is 7.34. The maximum Gasteiger partial charge on any atom is 0.276 e. The molecule has 0 spiro atoms. The SMILES string of the molecule is O=C(CCc1ccc2c(c1)OCO2)NNC(=O)COc1ccccc1Cc1ccccc1. The van der Waals surface area contributed by atoms with E-state index < -0.39 is 5.91 Å². The molecule has 2 amide bonds. The van der Waals surface area contributed by atoms with Gasteiger partial charge in [-0.3, -0.25) is 20.4 Å². The molecule has 0 atom stereocenters. The summed E-state index contributed by atoms with van der Waals surface area (Å²) in [6.45, 7) is 0.0123. The molecule has 3 aromatic carbocycles. The van der Waals surface area contributed by atoms with E-state index in [1.54, 1.807) is 0 Å². The normalized spacial score (nSPS) is 11.6. The van der Waals surface area contributed by atoms with Crippen LogP contribution in [-0.4, -0.2) is 25.2 Å². The maximum atomic E-state index is 12.1. The first-order valence-corrected chi connectivity index (χ1v) is 10.4. The standard InChI is InChI=1S/C25H24N2O5/c28-24(13-11-19-10-12-22-23(15-19)32-17-31-22)26-27-25(29)16-30-21-9-5-4-8-20(21)14-18-6-2-1-3-7-18/h1-10,12,15H,11,13-14,16-17H2,(H,26,28)(H,27,29). The lowest BCUT2D eigenvalue weighted by Gasteiger charge is -2.12. The highest BCUT2D eigenvalue weighted by Gasteiger charge is 2.14. The van der Waals surface area contributed by atoms with Crippen molar-refractivity contribution in [2.75, 3.05) is 13.4 Å². The molecule has 0 radical (unpaired) electrons. The van der Waals surface area contributed by atoms with E-state index in [0.29, 0.717) is 30.1 Å². The average Bonchev–Trinajstić information content (AvgIpc) is 3.29. The van der Waals surface area contributed by atoms with Crippen molar-refractivity contribution in [3.05, 3.63) is 89.5 Å². The van der Waals surface area contributed by atoms with Crippen molar-refractivity contribution in [3.63, 3.8) is 0 Å². The number of para-hydroxylation sites is 1. The molecule has 1 aliphatic rings. The molecule has 3 aromatic rings. The quantitative estimate of drug-likeness (QED) is 0.534. The molecule has 1 aliphatic heterocycles. The van der Waals surface area contributed by atoms with Crippen LogP contribution in [0.15, 0.2) is 72.8 Å². The van der Waals surface area contributed by atoms with Crippen LogP contribution in [0.3, 0.4) is 0 Å². The van der Waals surface area contributed by atoms with E-state index in [2.05, 4.69) is 10.9 Å². The first-order chi connectivity index (χ1) is 15.7. The third-order valence-electron chi connectivity index (χ3n) is 4.99. The van der Waals surface area contributed by atoms with Gasteiger partial charge in [-0.15, -0.1) is 0 Å². The van der Waals surface area contributed by atoms with E-state index in [0.717, 1.165) is 16.7 Å². The number of carbonyl (C=O) groups excluding carboxylic acids is 2. The first kappa shape index (κ1) is 21.2. The van der Waals surface area contributed by atoms with Gasteiger partial charge < -0.3 is 14.2 Å². The summed E-state index contributed by atoms with van der Waals surface area (Å²) in [5.41, 5.74) is 7.91. The molecule has 0 aliphatic carbocycles. The molecular weight excluding hydrogens is 408 g/mol. The number of rotatable bonds is 8. The van der Waals surface area contributed by atoms with Gasteiger partial charge in [0.1, 0.15) is 5.75 Å². The summed E-state index contributed by atoms with van der Waals surface area (Å²) in [5.74, 6) is 1.30. The Morgan fingerprint density at radius 2 is 1.56 bits per heavy atom. The van der Waals surface area contributed by atoms with Crippen molar-refractivity contribution in [2.45, 2.75) is 19.3 Å². The van der Waals surface area contributed by atoms with Crippen LogP contribution in [0.1, 0.15) is 23.1 Å². The van der Waals surface area contributed by atoms with Crippen LogP contribution in [0.4, 0.5) is 0 Å². The van der Waals surface area contributed by atoms with E-state index in [4.69, 9.17) is 14.2 Å². The van der Waals surface area contributed by atoms with Crippen molar-refractivity contribution < 1.29 is 23.8 Å². The molecular formula is C25H24N2O5. The Balaban J connectivity index is 1.20. The van der Waals surface area contributed by atoms with Gasteiger partial charge in [0.2, 0.25) is 12.7 Å². The van der Waals surface area contributed by atoms with Gasteiger partial charge in [0, 0.05) is 12.8 Å². The average molecular weight is 432 g/mol. The van der Waals surface area contributed by atoms with Gasteiger partial charge in [0.25, 0.3) is 5.91 Å². The Morgan fingerprint density at radius 1 is 0.812 bits per heavy atom. The van der Waals surface area contributed by atoms with E-state index in [-0.39, 0.29) is 25.7 Å². The van der Waals surface area contributed by atoms with E-state index in [1.807, 2.05) is 72.8 Å². The molecule has 0 fully saturated rings. The third-order valence-corrected chi connectivity index (χ3v) is 4.99. The monoisotopic (exact) mass is 432 g/mol. The highest BCUT2D eigenvalue weighted by Crippen LogP contribution is 2.32. The second-order valence-electron chi connectivity index (χ2n) is 7.34. The predicted molar refractivity (Wildman–Crippen MR) is 118 cm³/mol. The molecule has 7 nitrogen and oxygen atoms in total. The molecule has 32 heavy (non-hydrogen) atoms. The molecule has 164 valence electrons. The maximum absolute atomic E-state index is 12.1. The summed E-state index contributed by atoms with van der Waals surface area (Å²) in [6, 6.07) is 23.2. The fourth-order valence-electron chi connectivity index (χ4n) is 3.34. The van der Waals surface area contributed by atoms with E-state index in [1.165, 1.54) is 0 Å². The van der Waals surface area contributed by atoms with Gasteiger partial charge in [-0.1, -0.05) is 54.6 Å². The highest BCUT2D eigenvalue weighted by molar-refractivity contribution is 5.82. The van der Waals surface area contributed by atoms with Crippen molar-refractivity contribution in [3.8, 4) is 17.2 Å². The van der Waals surface area contributed by atoms with Crippen molar-refractivity contribution in [2.24, 2.45) is 0 Å². The van der Waals surface area contributed by atoms with Crippen molar-refractivity contribution in [1.82, 2.24) is 10.9 Å². The summed E-state index contributed by atoms with van der Waals surface area (Å²) >= 11 is 0. The highest BCUT2D eigenvalue weighted by atomic mass is 16.7. The zero-order chi connectivity index (χ0) is 22.2. The molecule has 0 aromatic heterocycles. The zero-order valence-electron chi connectivity index (χ0n) is 17.5. The van der Waals surface area contributed by atoms with Crippen LogP contribution in [0.2, 0.25) is 0 Å². The molecule has 0 bridgehead atoms. The smallest absolute Gasteiger partial charge is 0.276 e. The second kappa shape index (κ2) is 10.3. The van der Waals surface area contributed by atoms with Gasteiger partial charge in [0.05, 0.1) is 0 Å². The number of nitrogens with one attached hydrogen (secondary N) is 2. The van der Waals surface area contributed by atoms with Gasteiger partial charge in [-0.05, 0) is 41.3 Å². The zero-order valence-corrected chi connectivity index (χ0v) is 17.5. The summed E-state index contributed by atoms with van der Waals surface area (Å²) in [4.78, 5) is 24.2. The Morgan fingerprint density at radius 3 is 2.44 bits per heavy atom. The topological polar surface area (TPSA) is 85.9 Å². The number of fused-ring (bicyclic) bond motifs is 1. The van der Waals surface area contributed by atoms with Crippen LogP contribution in [0, 0.1) is 0 Å². The number of hydrogen-bond acceptors (Lipinski definition) is 5. The molecule has 0 unspecified atom stereocenters. The number of aryl methyl sites for hydroxylation is 1. The molecule has 0 saturated heterocycles. The predicted octanol–water partition coefficient (Wildman–Crippen LogP) is 3.17. The van der Waals surface area contributed by atoms with Crippen molar-refractivity contribution in [1.29, 1.82) is 0 Å². The lowest BCUT2D eigenvalue weighted by Crippen LogP contribution is -2.43. The Hall–Kier alpha value is -4.00. The molecule has 2 N–H and O–H groups in total. The third kappa shape index (κ3) is 5.78. The Kier molecular flexibility index (Phi) is 6.87. The van der Waals surface area contributed by atoms with Crippen LogP contribution in [-0.2, 0) is 22.4 Å². The Labute approximate surface area is 186 Å². The minimum Gasteiger partial charge on any atom is -0.483 e. The van der Waals surface area contributed by atoms with Gasteiger partial charge in [-0.2, -0.15) is 0 Å². The summed E-state index contributed by atoms with van der Waals surface area (Å²) in [7, 11) is 0. The molecule has 4 rings (SSSR count). The van der Waals surface area contributed by atoms with Crippen molar-refractivity contribution >= 4 is 11.8 Å². The Bertz CT molecular complexity index is 1080. The molecule has 7 heteroatoms. The summed E-state index contributed by atoms with van der Waals surface area (Å²) < 4.78 is 16.3. The lowest BCUT2D eigenvalue weighted by molar-refractivity contribution is -0.130. The number of carbonyl (C=O) groups is 2. The summed E-state index contributed by atoms with van der Waals surface area (Å²) in [6.07, 6.45) is 1.44. The van der Waals surface area contributed by atoms with Crippen LogP contribution in [0.5, 0.6) is 17.2 Å². The fourth-order valence-corrected chi connectivity index (χ4v) is 3.34. The minimum absolute atomic E-state index is 0.200. The van der Waals surface area contributed by atoms with E-state index >= 15 is 0 Å². The first-order valence-electron chi connectivity index (χ1n) is 10.4. The number of benzene rings is 3. The molecule has 1 heterocycles. The molecule has 0 saturated carbocycles. The summed E-state index contributed by atoms with van der Waals surface area (Å²) in [5, 5.41) is 0. The van der Waals surface area contributed by atoms with Crippen LogP contribution in [0.25, 0.3) is 0 Å². The van der Waals surface area contributed by atoms with Gasteiger partial charge in [0.15, 0.2) is 18.1 Å². The minimum atomic E-state index is -0.434. The van der Waals surface area contributed by atoms with Gasteiger partial charge in [-0.25, -0.2) is 0 Å². The largest absolute Gasteiger partial charge is 0.483 e. The lowest BCUT2D eigenvalue weighted by atomic mass is 10.0. The number of ether oxygens (including phenoxy) is 3. The van der Waals surface area contributed by atoms with Crippen LogP contribution >= 0.6 is 0 Å². The van der Waals surface area contributed by atoms with Crippen LogP contribution < -0.4 is 25.1 Å². The van der Waals surface area contributed by atoms with Gasteiger partial charge >= 0.3 is 0 Å².